The summed E-state index contributed by atoms with van der Waals surface area (Å²) >= 11 is 0. The first kappa shape index (κ1) is 8.70. The second-order valence-electron chi connectivity index (χ2n) is 3.67. The number of hydrogen-bond acceptors (Lipinski definition) is 1. The molecule has 0 radical (unpaired) electrons. The zero-order valence-electron chi connectivity index (χ0n) is 7.81. The van der Waals surface area contributed by atoms with Crippen molar-refractivity contribution < 1.29 is 4.39 Å². The van der Waals surface area contributed by atoms with Crippen molar-refractivity contribution in [2.45, 2.75) is 25.8 Å². The number of benzene rings is 1. The number of aryl methyl sites for hydroxylation is 1. The average molecular weight is 179 g/mol. The molecular weight excluding hydrogens is 165 g/mol. The number of hydrogen-bond donors (Lipinski definition) is 1. The maximum Gasteiger partial charge on any atom is 0.127 e. The highest BCUT2D eigenvalue weighted by Gasteiger charge is 2.19. The summed E-state index contributed by atoms with van der Waals surface area (Å²) in [6.45, 7) is 3.01. The molecule has 2 heteroatoms. The summed E-state index contributed by atoms with van der Waals surface area (Å²) in [6.07, 6.45) is 2.21. The summed E-state index contributed by atoms with van der Waals surface area (Å²) in [5, 5.41) is 3.30. The lowest BCUT2D eigenvalue weighted by Gasteiger charge is -2.12. The van der Waals surface area contributed by atoms with Crippen LogP contribution in [0.25, 0.3) is 0 Å². The highest BCUT2D eigenvalue weighted by atomic mass is 19.1. The molecule has 1 N–H and O–H groups in total. The van der Waals surface area contributed by atoms with Gasteiger partial charge in [0.05, 0.1) is 0 Å². The van der Waals surface area contributed by atoms with Crippen molar-refractivity contribution in [1.29, 1.82) is 0 Å². The summed E-state index contributed by atoms with van der Waals surface area (Å²) in [5.74, 6) is -0.0787. The molecular formula is C11H14FN. The Morgan fingerprint density at radius 3 is 3.00 bits per heavy atom. The van der Waals surface area contributed by atoms with Crippen molar-refractivity contribution >= 4 is 0 Å². The molecule has 1 aromatic rings. The van der Waals surface area contributed by atoms with Gasteiger partial charge < -0.3 is 5.32 Å². The number of halogens is 1. The van der Waals surface area contributed by atoms with Crippen molar-refractivity contribution in [3.05, 3.63) is 35.1 Å². The second kappa shape index (κ2) is 3.46. The Bertz CT molecular complexity index is 303. The van der Waals surface area contributed by atoms with E-state index in [2.05, 4.69) is 5.32 Å². The van der Waals surface area contributed by atoms with Gasteiger partial charge in [-0.3, -0.25) is 0 Å². The summed E-state index contributed by atoms with van der Waals surface area (Å²) < 4.78 is 13.4. The van der Waals surface area contributed by atoms with Crippen LogP contribution in [0.15, 0.2) is 18.2 Å². The summed E-state index contributed by atoms with van der Waals surface area (Å²) in [4.78, 5) is 0. The molecule has 1 saturated heterocycles. The van der Waals surface area contributed by atoms with Crippen LogP contribution in [0.1, 0.15) is 30.0 Å². The van der Waals surface area contributed by atoms with E-state index < -0.39 is 0 Å². The highest BCUT2D eigenvalue weighted by Crippen LogP contribution is 2.25. The quantitative estimate of drug-likeness (QED) is 0.698. The third kappa shape index (κ3) is 1.73. The van der Waals surface area contributed by atoms with Crippen molar-refractivity contribution in [3.8, 4) is 0 Å². The van der Waals surface area contributed by atoms with Gasteiger partial charge in [0.25, 0.3) is 0 Å². The lowest BCUT2D eigenvalue weighted by Crippen LogP contribution is -2.14. The van der Waals surface area contributed by atoms with Gasteiger partial charge in [-0.15, -0.1) is 0 Å². The first-order chi connectivity index (χ1) is 6.27. The zero-order valence-corrected chi connectivity index (χ0v) is 7.81. The maximum absolute atomic E-state index is 13.4. The summed E-state index contributed by atoms with van der Waals surface area (Å²) in [7, 11) is 0. The van der Waals surface area contributed by atoms with Gasteiger partial charge in [-0.2, -0.15) is 0 Å². The van der Waals surface area contributed by atoms with Gasteiger partial charge in [0.1, 0.15) is 5.82 Å². The van der Waals surface area contributed by atoms with Crippen LogP contribution in [0.4, 0.5) is 4.39 Å². The molecule has 1 atom stereocenters. The van der Waals surface area contributed by atoms with Crippen LogP contribution in [0, 0.1) is 12.7 Å². The van der Waals surface area contributed by atoms with Gasteiger partial charge in [0.2, 0.25) is 0 Å². The van der Waals surface area contributed by atoms with Crippen LogP contribution in [0.5, 0.6) is 0 Å². The molecule has 0 aromatic heterocycles. The largest absolute Gasteiger partial charge is 0.310 e. The van der Waals surface area contributed by atoms with Crippen molar-refractivity contribution in [3.63, 3.8) is 0 Å². The van der Waals surface area contributed by atoms with E-state index in [1.54, 1.807) is 6.07 Å². The molecule has 0 amide bonds. The van der Waals surface area contributed by atoms with Crippen LogP contribution in [0.3, 0.4) is 0 Å². The predicted molar refractivity (Wildman–Crippen MR) is 51.1 cm³/mol. The van der Waals surface area contributed by atoms with Gasteiger partial charge in [-0.25, -0.2) is 4.39 Å². The van der Waals surface area contributed by atoms with E-state index in [0.29, 0.717) is 0 Å². The van der Waals surface area contributed by atoms with E-state index in [1.165, 1.54) is 0 Å². The van der Waals surface area contributed by atoms with Crippen LogP contribution >= 0.6 is 0 Å². The third-order valence-electron chi connectivity index (χ3n) is 2.59. The Hall–Kier alpha value is -0.890. The number of rotatable bonds is 1. The standard InChI is InChI=1S/C11H14FN/c1-8-4-5-10(12)9(7-8)11-3-2-6-13-11/h4-5,7,11,13H,2-3,6H2,1H3/t11-/m0/s1. The molecule has 1 aliphatic heterocycles. The molecule has 0 saturated carbocycles. The number of nitrogens with one attached hydrogen (secondary N) is 1. The van der Waals surface area contributed by atoms with E-state index in [-0.39, 0.29) is 11.9 Å². The smallest absolute Gasteiger partial charge is 0.127 e. The topological polar surface area (TPSA) is 12.0 Å². The van der Waals surface area contributed by atoms with Gasteiger partial charge >= 0.3 is 0 Å². The molecule has 70 valence electrons. The Morgan fingerprint density at radius 2 is 2.31 bits per heavy atom. The Balaban J connectivity index is 2.32. The Labute approximate surface area is 78.0 Å². The Morgan fingerprint density at radius 1 is 1.46 bits per heavy atom. The highest BCUT2D eigenvalue weighted by molar-refractivity contribution is 5.27. The van der Waals surface area contributed by atoms with E-state index >= 15 is 0 Å². The molecule has 2 rings (SSSR count). The predicted octanol–water partition coefficient (Wildman–Crippen LogP) is 2.56. The second-order valence-corrected chi connectivity index (χ2v) is 3.67. The minimum absolute atomic E-state index is 0.0787. The normalized spacial score (nSPS) is 22.2. The van der Waals surface area contributed by atoms with Gasteiger partial charge in [0, 0.05) is 11.6 Å². The first-order valence-electron chi connectivity index (χ1n) is 4.77. The maximum atomic E-state index is 13.4. The van der Waals surface area contributed by atoms with E-state index in [4.69, 9.17) is 0 Å². The molecule has 0 bridgehead atoms. The van der Waals surface area contributed by atoms with E-state index in [1.807, 2.05) is 19.1 Å². The van der Waals surface area contributed by atoms with Gasteiger partial charge in [0.15, 0.2) is 0 Å². The van der Waals surface area contributed by atoms with Gasteiger partial charge in [-0.05, 0) is 32.4 Å². The minimum Gasteiger partial charge on any atom is -0.310 e. The molecule has 1 heterocycles. The molecule has 13 heavy (non-hydrogen) atoms. The molecule has 0 unspecified atom stereocenters. The monoisotopic (exact) mass is 179 g/mol. The minimum atomic E-state index is -0.0787. The fourth-order valence-corrected chi connectivity index (χ4v) is 1.88. The van der Waals surface area contributed by atoms with E-state index in [0.717, 1.165) is 30.5 Å². The lowest BCUT2D eigenvalue weighted by molar-refractivity contribution is 0.558. The van der Waals surface area contributed by atoms with E-state index in [9.17, 15) is 4.39 Å². The summed E-state index contributed by atoms with van der Waals surface area (Å²) in [5.41, 5.74) is 1.96. The molecule has 1 fully saturated rings. The lowest BCUT2D eigenvalue weighted by atomic mass is 10.0. The fourth-order valence-electron chi connectivity index (χ4n) is 1.88. The molecule has 1 aliphatic rings. The van der Waals surface area contributed by atoms with Crippen molar-refractivity contribution in [2.24, 2.45) is 0 Å². The average Bonchev–Trinajstić information content (AvgIpc) is 2.61. The zero-order chi connectivity index (χ0) is 9.26. The molecule has 1 nitrogen and oxygen atoms in total. The van der Waals surface area contributed by atoms with Crippen LogP contribution < -0.4 is 5.32 Å². The van der Waals surface area contributed by atoms with Gasteiger partial charge in [-0.1, -0.05) is 17.7 Å². The first-order valence-corrected chi connectivity index (χ1v) is 4.77. The molecule has 0 aliphatic carbocycles. The summed E-state index contributed by atoms with van der Waals surface area (Å²) in [6, 6.07) is 5.55. The van der Waals surface area contributed by atoms with Crippen LogP contribution in [-0.2, 0) is 0 Å². The molecule has 1 aromatic carbocycles. The van der Waals surface area contributed by atoms with Crippen LogP contribution in [0.2, 0.25) is 0 Å². The molecule has 0 spiro atoms. The van der Waals surface area contributed by atoms with Crippen molar-refractivity contribution in [2.75, 3.05) is 6.54 Å². The van der Waals surface area contributed by atoms with Crippen molar-refractivity contribution in [1.82, 2.24) is 5.32 Å². The Kier molecular flexibility index (Phi) is 2.32. The van der Waals surface area contributed by atoms with Crippen LogP contribution in [-0.4, -0.2) is 6.54 Å². The third-order valence-corrected chi connectivity index (χ3v) is 2.59. The SMILES string of the molecule is Cc1ccc(F)c([C@@H]2CCCN2)c1. The fraction of sp³-hybridized carbons (Fsp3) is 0.455.